The van der Waals surface area contributed by atoms with E-state index in [-0.39, 0.29) is 70.4 Å². The van der Waals surface area contributed by atoms with Gasteiger partial charge >= 0.3 is 6.09 Å². The van der Waals surface area contributed by atoms with Gasteiger partial charge in [0.25, 0.3) is 0 Å². The van der Waals surface area contributed by atoms with E-state index in [4.69, 9.17) is 33.7 Å². The van der Waals surface area contributed by atoms with Gasteiger partial charge in [0.2, 0.25) is 5.79 Å². The Hall–Kier alpha value is -5.60. The van der Waals surface area contributed by atoms with Gasteiger partial charge in [0.15, 0.2) is 0 Å². The van der Waals surface area contributed by atoms with Crippen LogP contribution in [0.2, 0.25) is 0 Å². The Morgan fingerprint density at radius 3 is 2.48 bits per heavy atom. The molecule has 1 aliphatic heterocycles. The molecule has 1 saturated carbocycles. The Morgan fingerprint density at radius 2 is 1.74 bits per heavy atom. The largest absolute Gasteiger partial charge is 0.487 e. The zero-order valence-corrected chi connectivity index (χ0v) is 38.2. The lowest BCUT2D eigenvalue weighted by Crippen LogP contribution is -2.70. The van der Waals surface area contributed by atoms with Crippen LogP contribution in [0.3, 0.4) is 0 Å². The highest BCUT2D eigenvalue weighted by Crippen LogP contribution is 2.62. The normalized spacial score (nSPS) is 22.3. The predicted octanol–water partition coefficient (Wildman–Crippen LogP) is 9.62. The van der Waals surface area contributed by atoms with Crippen LogP contribution in [-0.2, 0) is 38.8 Å². The topological polar surface area (TPSA) is 141 Å². The van der Waals surface area contributed by atoms with Gasteiger partial charge in [0.1, 0.15) is 43.2 Å². The summed E-state index contributed by atoms with van der Waals surface area (Å²) in [5, 5.41) is 24.7. The molecule has 1 fully saturated rings. The Morgan fingerprint density at radius 1 is 0.955 bits per heavy atom. The molecule has 7 rings (SSSR count). The molecule has 0 saturated heterocycles. The van der Waals surface area contributed by atoms with E-state index in [0.29, 0.717) is 48.8 Å². The minimum atomic E-state index is -1.52. The number of aromatic nitrogens is 1. The standard InChI is InChI=1S/C53H64FN3O9/c1-4-28-64-53-49(57(34-38-20-22-41(54)23-21-38)52(60)62-30-29-61-35-39-15-7-6-8-16-39)33-47(56-65-5-2)45-31-40(17-9-11-26-58)44(19-10-12-27-59)50(51(45)53)46-32-43(24-25-48(46)66-53)63-36-42-18-13-14-37(3)55-42/h4,6-8,13-16,18,20-25,31-32,40,44,49-51,58-59H,1,5,9-12,17,19,26-30,33-36H2,2-3H3. The van der Waals surface area contributed by atoms with E-state index in [0.717, 1.165) is 53.8 Å². The lowest BCUT2D eigenvalue weighted by molar-refractivity contribution is -0.256. The zero-order chi connectivity index (χ0) is 46.3. The number of carbonyl (C=O) groups excluding carboxylic acids is 1. The highest BCUT2D eigenvalue weighted by atomic mass is 19.1. The number of hydrogen-bond acceptors (Lipinski definition) is 11. The Balaban J connectivity index is 1.36. The number of aliphatic hydroxyl groups is 2. The first-order valence-corrected chi connectivity index (χ1v) is 23.3. The fraction of sp³-hybridized carbons (Fsp3) is 0.453. The van der Waals surface area contributed by atoms with E-state index < -0.39 is 29.7 Å². The molecule has 2 heterocycles. The van der Waals surface area contributed by atoms with E-state index in [1.807, 2.05) is 74.5 Å². The number of ether oxygens (including phenoxy) is 5. The number of carbonyl (C=O) groups is 1. The molecule has 3 aromatic carbocycles. The number of oxime groups is 1. The highest BCUT2D eigenvalue weighted by Gasteiger charge is 2.65. The molecule has 6 unspecified atom stereocenters. The fourth-order valence-electron chi connectivity index (χ4n) is 9.84. The lowest BCUT2D eigenvalue weighted by Gasteiger charge is -2.59. The summed E-state index contributed by atoms with van der Waals surface area (Å²) in [6.45, 7) is 9.22. The average molecular weight is 906 g/mol. The maximum Gasteiger partial charge on any atom is 0.410 e. The molecule has 6 atom stereocenters. The van der Waals surface area contributed by atoms with Gasteiger partial charge in [-0.1, -0.05) is 78.7 Å². The summed E-state index contributed by atoms with van der Waals surface area (Å²) in [6, 6.07) is 26.7. The van der Waals surface area contributed by atoms with Crippen molar-refractivity contribution >= 4 is 11.8 Å². The summed E-state index contributed by atoms with van der Waals surface area (Å²) in [6.07, 6.45) is 7.97. The minimum absolute atomic E-state index is 0.0124. The van der Waals surface area contributed by atoms with E-state index in [2.05, 4.69) is 23.7 Å². The number of aryl methyl sites for hydroxylation is 1. The van der Waals surface area contributed by atoms with Crippen LogP contribution in [0.25, 0.3) is 0 Å². The van der Waals surface area contributed by atoms with Crippen molar-refractivity contribution in [1.82, 2.24) is 9.88 Å². The van der Waals surface area contributed by atoms with Gasteiger partial charge in [-0.05, 0) is 111 Å². The number of fused-ring (bicyclic) bond motifs is 2. The molecule has 2 N–H and O–H groups in total. The summed E-state index contributed by atoms with van der Waals surface area (Å²) >= 11 is 0. The molecule has 66 heavy (non-hydrogen) atoms. The second-order valence-electron chi connectivity index (χ2n) is 17.2. The van der Waals surface area contributed by atoms with Crippen LogP contribution in [0.5, 0.6) is 11.5 Å². The monoisotopic (exact) mass is 905 g/mol. The first-order valence-electron chi connectivity index (χ1n) is 23.3. The number of aliphatic hydroxyl groups excluding tert-OH is 2. The number of rotatable bonds is 24. The van der Waals surface area contributed by atoms with E-state index in [1.54, 1.807) is 23.1 Å². The molecule has 0 spiro atoms. The summed E-state index contributed by atoms with van der Waals surface area (Å²) in [7, 11) is 0. The van der Waals surface area contributed by atoms with Crippen molar-refractivity contribution in [1.29, 1.82) is 0 Å². The van der Waals surface area contributed by atoms with Gasteiger partial charge in [-0.2, -0.15) is 0 Å². The number of nitrogens with zero attached hydrogens (tertiary/aromatic N) is 3. The summed E-state index contributed by atoms with van der Waals surface area (Å²) < 4.78 is 47.2. The van der Waals surface area contributed by atoms with Crippen molar-refractivity contribution in [2.75, 3.05) is 39.6 Å². The van der Waals surface area contributed by atoms with Crippen LogP contribution in [-0.4, -0.2) is 83.4 Å². The van der Waals surface area contributed by atoms with Gasteiger partial charge < -0.3 is 38.7 Å². The summed E-state index contributed by atoms with van der Waals surface area (Å²) in [4.78, 5) is 27.0. The van der Waals surface area contributed by atoms with Crippen molar-refractivity contribution in [2.45, 2.75) is 96.3 Å². The highest BCUT2D eigenvalue weighted by molar-refractivity contribution is 6.03. The predicted molar refractivity (Wildman–Crippen MR) is 249 cm³/mol. The first-order chi connectivity index (χ1) is 32.3. The average Bonchev–Trinajstić information content (AvgIpc) is 3.33. The number of unbranched alkanes of at least 4 members (excludes halogenated alkanes) is 2. The third kappa shape index (κ3) is 11.7. The van der Waals surface area contributed by atoms with Crippen LogP contribution in [0.15, 0.2) is 120 Å². The van der Waals surface area contributed by atoms with Gasteiger partial charge in [0, 0.05) is 43.4 Å². The molecule has 0 bridgehead atoms. The number of allylic oxidation sites excluding steroid dienone is 1. The second kappa shape index (κ2) is 23.7. The van der Waals surface area contributed by atoms with E-state index >= 15 is 0 Å². The molecule has 352 valence electrons. The molecular formula is C53H64FN3O9. The number of benzene rings is 3. The third-order valence-corrected chi connectivity index (χ3v) is 12.7. The molecule has 1 amide bonds. The number of amides is 1. The van der Waals surface area contributed by atoms with Crippen molar-refractivity contribution in [3.05, 3.63) is 149 Å². The van der Waals surface area contributed by atoms with E-state index in [1.165, 1.54) is 12.1 Å². The zero-order valence-electron chi connectivity index (χ0n) is 38.2. The van der Waals surface area contributed by atoms with Crippen LogP contribution < -0.4 is 9.47 Å². The van der Waals surface area contributed by atoms with Crippen LogP contribution in [0.1, 0.15) is 85.9 Å². The van der Waals surface area contributed by atoms with Gasteiger partial charge in [-0.25, -0.2) is 9.18 Å². The van der Waals surface area contributed by atoms with E-state index in [9.17, 15) is 19.4 Å². The van der Waals surface area contributed by atoms with Crippen LogP contribution in [0, 0.1) is 30.5 Å². The van der Waals surface area contributed by atoms with Gasteiger partial charge in [-0.15, -0.1) is 6.58 Å². The van der Waals surface area contributed by atoms with Crippen molar-refractivity contribution < 1.29 is 47.9 Å². The molecule has 13 heteroatoms. The maximum atomic E-state index is 14.8. The maximum absolute atomic E-state index is 14.8. The second-order valence-corrected chi connectivity index (χ2v) is 17.2. The summed E-state index contributed by atoms with van der Waals surface area (Å²) in [5.74, 6) is -1.43. The summed E-state index contributed by atoms with van der Waals surface area (Å²) in [5.41, 5.74) is 5.87. The van der Waals surface area contributed by atoms with Gasteiger partial charge in [0.05, 0.1) is 37.1 Å². The van der Waals surface area contributed by atoms with Crippen molar-refractivity contribution in [2.24, 2.45) is 22.9 Å². The van der Waals surface area contributed by atoms with Crippen LogP contribution in [0.4, 0.5) is 9.18 Å². The molecule has 1 aromatic heterocycles. The first kappa shape index (κ1) is 48.3. The van der Waals surface area contributed by atoms with Gasteiger partial charge in [-0.3, -0.25) is 9.88 Å². The fourth-order valence-corrected chi connectivity index (χ4v) is 9.84. The Kier molecular flexibility index (Phi) is 17.4. The number of hydrogen-bond donors (Lipinski definition) is 2. The molecule has 3 aliphatic rings. The van der Waals surface area contributed by atoms with Crippen molar-refractivity contribution in [3.8, 4) is 11.5 Å². The SMILES string of the molecule is C=CCOC12Oc3ccc(OCc4cccc(C)n4)cc3C3C(CCCCO)C(CCCCO)C=C(C(=NOCC)CC1N(Cc1ccc(F)cc1)C(=O)OCCOCc1ccccc1)C32. The molecular weight excluding hydrogens is 842 g/mol. The third-order valence-electron chi connectivity index (χ3n) is 12.7. The Bertz CT molecular complexity index is 2260. The molecule has 12 nitrogen and oxygen atoms in total. The van der Waals surface area contributed by atoms with Crippen LogP contribution >= 0.6 is 0 Å². The molecule has 0 radical (unpaired) electrons. The number of halogens is 1. The quantitative estimate of drug-likeness (QED) is 0.0397. The molecule has 4 aromatic rings. The number of pyridine rings is 1. The molecule has 2 aliphatic carbocycles. The Labute approximate surface area is 388 Å². The minimum Gasteiger partial charge on any atom is -0.487 e. The van der Waals surface area contributed by atoms with Crippen molar-refractivity contribution in [3.63, 3.8) is 0 Å². The smallest absolute Gasteiger partial charge is 0.410 e. The lowest BCUT2D eigenvalue weighted by atomic mass is 9.55.